The van der Waals surface area contributed by atoms with Crippen LogP contribution in [0.4, 0.5) is 0 Å². The largest absolute Gasteiger partial charge is 0.394 e. The van der Waals surface area contributed by atoms with E-state index in [-0.39, 0.29) is 17.5 Å². The van der Waals surface area contributed by atoms with E-state index >= 15 is 0 Å². The molecule has 0 atom stereocenters. The molecule has 1 heterocycles. The van der Waals surface area contributed by atoms with E-state index in [1.54, 1.807) is 25.6 Å². The summed E-state index contributed by atoms with van der Waals surface area (Å²) in [6.07, 6.45) is 1.86. The molecule has 0 spiro atoms. The van der Waals surface area contributed by atoms with Gasteiger partial charge in [0.1, 0.15) is 4.90 Å². The van der Waals surface area contributed by atoms with E-state index in [0.717, 1.165) is 12.8 Å². The van der Waals surface area contributed by atoms with E-state index in [9.17, 15) is 8.42 Å². The maximum Gasteiger partial charge on any atom is 0.246 e. The van der Waals surface area contributed by atoms with Crippen molar-refractivity contribution in [1.82, 2.24) is 14.1 Å². The summed E-state index contributed by atoms with van der Waals surface area (Å²) < 4.78 is 27.9. The summed E-state index contributed by atoms with van der Waals surface area (Å²) in [6, 6.07) is 0.134. The molecule has 1 aromatic heterocycles. The molecule has 1 fully saturated rings. The highest BCUT2D eigenvalue weighted by molar-refractivity contribution is 7.89. The highest BCUT2D eigenvalue weighted by Crippen LogP contribution is 2.32. The van der Waals surface area contributed by atoms with Gasteiger partial charge in [-0.05, 0) is 26.7 Å². The molecule has 0 bridgehead atoms. The lowest BCUT2D eigenvalue weighted by Gasteiger charge is -2.16. The minimum absolute atomic E-state index is 0.0556. The van der Waals surface area contributed by atoms with Crippen molar-refractivity contribution in [2.24, 2.45) is 0 Å². The molecule has 6 nitrogen and oxygen atoms in total. The highest BCUT2D eigenvalue weighted by atomic mass is 32.2. The SMILES string of the molecule is Cc1nn(CCO)c(C)c1S(=O)(=O)N(C)C1CC1. The number of aryl methyl sites for hydroxylation is 1. The number of aliphatic hydroxyl groups is 1. The van der Waals surface area contributed by atoms with Crippen molar-refractivity contribution in [1.29, 1.82) is 0 Å². The van der Waals surface area contributed by atoms with Crippen LogP contribution in [0.2, 0.25) is 0 Å². The summed E-state index contributed by atoms with van der Waals surface area (Å²) >= 11 is 0. The second-order valence-corrected chi connectivity index (χ2v) is 6.63. The molecule has 0 unspecified atom stereocenters. The molecule has 1 aliphatic rings. The number of rotatable bonds is 5. The van der Waals surface area contributed by atoms with Gasteiger partial charge in [-0.2, -0.15) is 9.40 Å². The van der Waals surface area contributed by atoms with Crippen LogP contribution in [0, 0.1) is 13.8 Å². The van der Waals surface area contributed by atoms with E-state index in [1.165, 1.54) is 4.31 Å². The maximum atomic E-state index is 12.5. The molecule has 7 heteroatoms. The van der Waals surface area contributed by atoms with Crippen molar-refractivity contribution in [3.63, 3.8) is 0 Å². The van der Waals surface area contributed by atoms with Crippen LogP contribution in [0.25, 0.3) is 0 Å². The van der Waals surface area contributed by atoms with Crippen LogP contribution in [-0.4, -0.2) is 47.3 Å². The molecule has 0 aliphatic heterocycles. The molecule has 102 valence electrons. The van der Waals surface area contributed by atoms with Crippen LogP contribution in [-0.2, 0) is 16.6 Å². The topological polar surface area (TPSA) is 75.4 Å². The van der Waals surface area contributed by atoms with Gasteiger partial charge >= 0.3 is 0 Å². The van der Waals surface area contributed by atoms with Crippen molar-refractivity contribution in [2.75, 3.05) is 13.7 Å². The lowest BCUT2D eigenvalue weighted by Crippen LogP contribution is -2.29. The standard InChI is InChI=1S/C11H19N3O3S/c1-8-11(9(2)14(12-8)6-7-15)18(16,17)13(3)10-4-5-10/h10,15H,4-7H2,1-3H3. The molecule has 1 aliphatic carbocycles. The Morgan fingerprint density at radius 3 is 2.56 bits per heavy atom. The Hall–Kier alpha value is -0.920. The van der Waals surface area contributed by atoms with Crippen LogP contribution in [0.3, 0.4) is 0 Å². The predicted molar refractivity (Wildman–Crippen MR) is 66.8 cm³/mol. The van der Waals surface area contributed by atoms with Gasteiger partial charge in [-0.15, -0.1) is 0 Å². The van der Waals surface area contributed by atoms with Gasteiger partial charge in [-0.25, -0.2) is 8.42 Å². The molecule has 18 heavy (non-hydrogen) atoms. The number of hydrogen-bond donors (Lipinski definition) is 1. The summed E-state index contributed by atoms with van der Waals surface area (Å²) in [5.41, 5.74) is 1.09. The van der Waals surface area contributed by atoms with Crippen LogP contribution in [0.1, 0.15) is 24.2 Å². The van der Waals surface area contributed by atoms with Gasteiger partial charge in [0.25, 0.3) is 0 Å². The van der Waals surface area contributed by atoms with Crippen LogP contribution < -0.4 is 0 Å². The van der Waals surface area contributed by atoms with Gasteiger partial charge in [0.2, 0.25) is 10.0 Å². The number of aromatic nitrogens is 2. The number of nitrogens with zero attached hydrogens (tertiary/aromatic N) is 3. The minimum atomic E-state index is -3.47. The quantitative estimate of drug-likeness (QED) is 0.836. The fourth-order valence-corrected chi connectivity index (χ4v) is 3.93. The first-order chi connectivity index (χ1) is 8.39. The van der Waals surface area contributed by atoms with Crippen molar-refractivity contribution in [2.45, 2.75) is 44.2 Å². The Labute approximate surface area is 107 Å². The zero-order chi connectivity index (χ0) is 13.5. The summed E-state index contributed by atoms with van der Waals surface area (Å²) in [5.74, 6) is 0. The lowest BCUT2D eigenvalue weighted by molar-refractivity contribution is 0.267. The predicted octanol–water partition coefficient (Wildman–Crippen LogP) is 0.275. The Balaban J connectivity index is 2.43. The van der Waals surface area contributed by atoms with E-state index < -0.39 is 10.0 Å². The molecule has 0 aromatic carbocycles. The Kier molecular flexibility index (Phi) is 3.48. The molecule has 1 saturated carbocycles. The van der Waals surface area contributed by atoms with Gasteiger partial charge in [0.05, 0.1) is 24.5 Å². The number of hydrogen-bond acceptors (Lipinski definition) is 4. The Bertz CT molecular complexity index is 546. The normalized spacial score (nSPS) is 16.5. The Morgan fingerprint density at radius 1 is 1.44 bits per heavy atom. The van der Waals surface area contributed by atoms with Crippen LogP contribution in [0.5, 0.6) is 0 Å². The summed E-state index contributed by atoms with van der Waals surface area (Å²) in [5, 5.41) is 13.1. The third-order valence-electron chi connectivity index (χ3n) is 3.33. The van der Waals surface area contributed by atoms with Crippen molar-refractivity contribution in [3.05, 3.63) is 11.4 Å². The molecule has 0 amide bonds. The fourth-order valence-electron chi connectivity index (χ4n) is 2.14. The first-order valence-corrected chi connectivity index (χ1v) is 7.46. The number of aliphatic hydroxyl groups excluding tert-OH is 1. The Morgan fingerprint density at radius 2 is 2.06 bits per heavy atom. The molecule has 2 rings (SSSR count). The summed E-state index contributed by atoms with van der Waals surface area (Å²) in [6.45, 7) is 3.67. The zero-order valence-corrected chi connectivity index (χ0v) is 11.7. The summed E-state index contributed by atoms with van der Waals surface area (Å²) in [4.78, 5) is 0.283. The van der Waals surface area contributed by atoms with Gasteiger partial charge in [-0.3, -0.25) is 4.68 Å². The monoisotopic (exact) mass is 273 g/mol. The maximum absolute atomic E-state index is 12.5. The summed E-state index contributed by atoms with van der Waals surface area (Å²) in [7, 11) is -1.85. The smallest absolute Gasteiger partial charge is 0.246 e. The van der Waals surface area contributed by atoms with Crippen molar-refractivity contribution < 1.29 is 13.5 Å². The second-order valence-electron chi connectivity index (χ2n) is 4.70. The molecule has 1 N–H and O–H groups in total. The third-order valence-corrected chi connectivity index (χ3v) is 5.49. The molecular weight excluding hydrogens is 254 g/mol. The van der Waals surface area contributed by atoms with Gasteiger partial charge < -0.3 is 5.11 Å². The van der Waals surface area contributed by atoms with Gasteiger partial charge in [0, 0.05) is 13.1 Å². The second kappa shape index (κ2) is 4.64. The average molecular weight is 273 g/mol. The van der Waals surface area contributed by atoms with E-state index in [4.69, 9.17) is 5.11 Å². The first kappa shape index (κ1) is 13.5. The van der Waals surface area contributed by atoms with Gasteiger partial charge in [-0.1, -0.05) is 0 Å². The zero-order valence-electron chi connectivity index (χ0n) is 10.9. The highest BCUT2D eigenvalue weighted by Gasteiger charge is 2.37. The average Bonchev–Trinajstić information content (AvgIpc) is 3.07. The molecular formula is C11H19N3O3S. The van der Waals surface area contributed by atoms with E-state index in [2.05, 4.69) is 5.10 Å². The van der Waals surface area contributed by atoms with Crippen LogP contribution >= 0.6 is 0 Å². The third kappa shape index (κ3) is 2.17. The number of sulfonamides is 1. The van der Waals surface area contributed by atoms with Crippen molar-refractivity contribution >= 4 is 10.0 Å². The van der Waals surface area contributed by atoms with E-state index in [1.807, 2.05) is 0 Å². The fraction of sp³-hybridized carbons (Fsp3) is 0.727. The molecule has 0 radical (unpaired) electrons. The van der Waals surface area contributed by atoms with Crippen LogP contribution in [0.15, 0.2) is 4.90 Å². The first-order valence-electron chi connectivity index (χ1n) is 6.02. The molecule has 0 saturated heterocycles. The molecule has 1 aromatic rings. The van der Waals surface area contributed by atoms with Gasteiger partial charge in [0.15, 0.2) is 0 Å². The van der Waals surface area contributed by atoms with E-state index in [0.29, 0.717) is 17.9 Å². The minimum Gasteiger partial charge on any atom is -0.394 e. The van der Waals surface area contributed by atoms with Crippen molar-refractivity contribution in [3.8, 4) is 0 Å². The lowest BCUT2D eigenvalue weighted by atomic mass is 10.4.